The molecule has 0 aliphatic heterocycles. The predicted molar refractivity (Wildman–Crippen MR) is 79.0 cm³/mol. The molecule has 2 heteroatoms. The maximum Gasteiger partial charge on any atom is 0.0445 e. The topological polar surface area (TPSA) is 12.0 Å². The zero-order chi connectivity index (χ0) is 12.4. The molecule has 2 fully saturated rings. The van der Waals surface area contributed by atoms with Gasteiger partial charge in [0.2, 0.25) is 0 Å². The van der Waals surface area contributed by atoms with Crippen molar-refractivity contribution in [2.75, 3.05) is 0 Å². The van der Waals surface area contributed by atoms with Crippen molar-refractivity contribution in [2.45, 2.75) is 64.0 Å². The van der Waals surface area contributed by atoms with E-state index >= 15 is 0 Å². The number of thiophene rings is 1. The zero-order valence-corrected chi connectivity index (χ0v) is 12.2. The molecule has 3 unspecified atom stereocenters. The van der Waals surface area contributed by atoms with E-state index in [0.717, 1.165) is 17.9 Å². The van der Waals surface area contributed by atoms with Gasteiger partial charge in [-0.3, -0.25) is 0 Å². The summed E-state index contributed by atoms with van der Waals surface area (Å²) in [4.78, 5) is 1.56. The molecule has 0 radical (unpaired) electrons. The molecule has 1 N–H and O–H groups in total. The van der Waals surface area contributed by atoms with E-state index in [4.69, 9.17) is 0 Å². The van der Waals surface area contributed by atoms with E-state index in [0.29, 0.717) is 6.04 Å². The molecular weight excluding hydrogens is 238 g/mol. The predicted octanol–water partition coefficient (Wildman–Crippen LogP) is 4.76. The van der Waals surface area contributed by atoms with Crippen LogP contribution < -0.4 is 5.32 Å². The second kappa shape index (κ2) is 5.75. The highest BCUT2D eigenvalue weighted by Crippen LogP contribution is 2.43. The van der Waals surface area contributed by atoms with Gasteiger partial charge in [-0.2, -0.15) is 0 Å². The van der Waals surface area contributed by atoms with Crippen molar-refractivity contribution in [3.05, 3.63) is 22.4 Å². The van der Waals surface area contributed by atoms with Crippen LogP contribution >= 0.6 is 11.3 Å². The molecular formula is C16H25NS. The molecule has 100 valence electrons. The van der Waals surface area contributed by atoms with E-state index in [1.54, 1.807) is 4.88 Å². The van der Waals surface area contributed by atoms with Crippen molar-refractivity contribution < 1.29 is 0 Å². The smallest absolute Gasteiger partial charge is 0.0445 e. The van der Waals surface area contributed by atoms with E-state index in [-0.39, 0.29) is 0 Å². The van der Waals surface area contributed by atoms with E-state index < -0.39 is 0 Å². The van der Waals surface area contributed by atoms with E-state index in [1.165, 1.54) is 44.9 Å². The average molecular weight is 263 g/mol. The van der Waals surface area contributed by atoms with Crippen LogP contribution in [0, 0.1) is 11.8 Å². The summed E-state index contributed by atoms with van der Waals surface area (Å²) < 4.78 is 0. The van der Waals surface area contributed by atoms with Gasteiger partial charge >= 0.3 is 0 Å². The summed E-state index contributed by atoms with van der Waals surface area (Å²) >= 11 is 1.93. The van der Waals surface area contributed by atoms with Crippen LogP contribution in [0.1, 0.15) is 62.8 Å². The third-order valence-electron chi connectivity index (χ3n) is 4.62. The molecule has 0 aromatic carbocycles. The Morgan fingerprint density at radius 2 is 2.06 bits per heavy atom. The quantitative estimate of drug-likeness (QED) is 0.772. The Labute approximate surface area is 115 Å². The van der Waals surface area contributed by atoms with Crippen molar-refractivity contribution in [3.8, 4) is 0 Å². The van der Waals surface area contributed by atoms with E-state index in [1.807, 2.05) is 11.3 Å². The van der Waals surface area contributed by atoms with Gasteiger partial charge in [0.15, 0.2) is 0 Å². The van der Waals surface area contributed by atoms with Crippen molar-refractivity contribution in [3.63, 3.8) is 0 Å². The molecule has 1 nitrogen and oxygen atoms in total. The molecule has 2 aliphatic rings. The minimum atomic E-state index is 0.656. The largest absolute Gasteiger partial charge is 0.306 e. The van der Waals surface area contributed by atoms with Crippen LogP contribution in [-0.2, 0) is 0 Å². The van der Waals surface area contributed by atoms with E-state index in [9.17, 15) is 0 Å². The minimum Gasteiger partial charge on any atom is -0.306 e. The average Bonchev–Trinajstić information content (AvgIpc) is 3.10. The van der Waals surface area contributed by atoms with Crippen LogP contribution in [0.15, 0.2) is 17.5 Å². The first-order chi connectivity index (χ1) is 8.83. The minimum absolute atomic E-state index is 0.656. The molecule has 0 saturated heterocycles. The third kappa shape index (κ3) is 3.16. The normalized spacial score (nSPS) is 30.9. The van der Waals surface area contributed by atoms with Gasteiger partial charge in [-0.15, -0.1) is 11.3 Å². The maximum atomic E-state index is 3.99. The van der Waals surface area contributed by atoms with Gasteiger partial charge in [0.1, 0.15) is 0 Å². The fourth-order valence-corrected chi connectivity index (χ4v) is 4.13. The summed E-state index contributed by atoms with van der Waals surface area (Å²) in [5.74, 6) is 1.86. The van der Waals surface area contributed by atoms with Crippen LogP contribution in [0.4, 0.5) is 0 Å². The van der Waals surface area contributed by atoms with Crippen LogP contribution in [0.2, 0.25) is 0 Å². The number of hydrogen-bond acceptors (Lipinski definition) is 2. The molecule has 1 heterocycles. The van der Waals surface area contributed by atoms with Gasteiger partial charge in [-0.1, -0.05) is 25.8 Å². The lowest BCUT2D eigenvalue weighted by Crippen LogP contribution is -2.33. The lowest BCUT2D eigenvalue weighted by molar-refractivity contribution is 0.373. The summed E-state index contributed by atoms with van der Waals surface area (Å²) in [7, 11) is 0. The monoisotopic (exact) mass is 263 g/mol. The number of rotatable bonds is 4. The molecule has 2 saturated carbocycles. The molecule has 1 aromatic heterocycles. The van der Waals surface area contributed by atoms with Crippen LogP contribution in [-0.4, -0.2) is 6.04 Å². The van der Waals surface area contributed by atoms with Crippen LogP contribution in [0.3, 0.4) is 0 Å². The molecule has 0 amide bonds. The lowest BCUT2D eigenvalue weighted by atomic mass is 10.0. The molecule has 2 aliphatic carbocycles. The number of hydrogen-bond donors (Lipinski definition) is 1. The summed E-state index contributed by atoms with van der Waals surface area (Å²) in [6.07, 6.45) is 9.90. The Morgan fingerprint density at radius 1 is 1.17 bits per heavy atom. The Balaban J connectivity index is 1.62. The Morgan fingerprint density at radius 3 is 2.78 bits per heavy atom. The van der Waals surface area contributed by atoms with Gasteiger partial charge in [0, 0.05) is 17.0 Å². The first kappa shape index (κ1) is 12.7. The maximum absolute atomic E-state index is 3.99. The van der Waals surface area contributed by atoms with Gasteiger partial charge < -0.3 is 5.32 Å². The lowest BCUT2D eigenvalue weighted by Gasteiger charge is -2.24. The van der Waals surface area contributed by atoms with Gasteiger partial charge in [0.05, 0.1) is 0 Å². The first-order valence-corrected chi connectivity index (χ1v) is 8.50. The van der Waals surface area contributed by atoms with Gasteiger partial charge in [-0.05, 0) is 55.4 Å². The highest BCUT2D eigenvalue weighted by Gasteiger charge is 2.34. The Hall–Kier alpha value is -0.340. The van der Waals surface area contributed by atoms with Gasteiger partial charge in [-0.25, -0.2) is 0 Å². The van der Waals surface area contributed by atoms with Crippen molar-refractivity contribution in [2.24, 2.45) is 11.8 Å². The van der Waals surface area contributed by atoms with Crippen LogP contribution in [0.25, 0.3) is 0 Å². The molecule has 3 atom stereocenters. The summed E-state index contributed by atoms with van der Waals surface area (Å²) in [6, 6.07) is 5.94. The second-order valence-corrected chi connectivity index (χ2v) is 7.29. The highest BCUT2D eigenvalue weighted by atomic mass is 32.1. The molecule has 18 heavy (non-hydrogen) atoms. The Bertz CT molecular complexity index is 355. The van der Waals surface area contributed by atoms with Crippen molar-refractivity contribution >= 4 is 11.3 Å². The molecule has 1 aromatic rings. The van der Waals surface area contributed by atoms with E-state index in [2.05, 4.69) is 29.8 Å². The third-order valence-corrected chi connectivity index (χ3v) is 5.57. The standard InChI is InChI=1S/C16H25NS/c1-12-4-2-5-14(10-7-12)17-16(13-8-9-13)15-6-3-11-18-15/h3,6,11-14,16-17H,2,4-5,7-10H2,1H3. The molecule has 3 rings (SSSR count). The van der Waals surface area contributed by atoms with Gasteiger partial charge in [0.25, 0.3) is 0 Å². The summed E-state index contributed by atoms with van der Waals surface area (Å²) in [5.41, 5.74) is 0. The van der Waals surface area contributed by atoms with Crippen molar-refractivity contribution in [1.29, 1.82) is 0 Å². The summed E-state index contributed by atoms with van der Waals surface area (Å²) in [5, 5.41) is 6.22. The zero-order valence-electron chi connectivity index (χ0n) is 11.4. The number of nitrogens with one attached hydrogen (secondary N) is 1. The van der Waals surface area contributed by atoms with Crippen LogP contribution in [0.5, 0.6) is 0 Å². The van der Waals surface area contributed by atoms with Crippen molar-refractivity contribution in [1.82, 2.24) is 5.32 Å². The second-order valence-electron chi connectivity index (χ2n) is 6.31. The Kier molecular flexibility index (Phi) is 4.05. The SMILES string of the molecule is CC1CCCC(NC(c2cccs2)C2CC2)CC1. The fourth-order valence-electron chi connectivity index (χ4n) is 3.26. The summed E-state index contributed by atoms with van der Waals surface area (Å²) in [6.45, 7) is 2.42. The highest BCUT2D eigenvalue weighted by molar-refractivity contribution is 7.10. The molecule has 0 spiro atoms. The fraction of sp³-hybridized carbons (Fsp3) is 0.750. The first-order valence-electron chi connectivity index (χ1n) is 7.62. The molecule has 0 bridgehead atoms.